The van der Waals surface area contributed by atoms with Gasteiger partial charge in [0.15, 0.2) is 0 Å². The van der Waals surface area contributed by atoms with Crippen LogP contribution in [0.25, 0.3) is 0 Å². The lowest BCUT2D eigenvalue weighted by Crippen LogP contribution is -2.46. The molecule has 38 heavy (non-hydrogen) atoms. The number of carbonyl (C=O) groups excluding carboxylic acids is 2. The second-order valence-corrected chi connectivity index (χ2v) is 13.1. The number of hydrogen-bond donors (Lipinski definition) is 4. The molecule has 0 saturated heterocycles. The van der Waals surface area contributed by atoms with Gasteiger partial charge in [-0.1, -0.05) is 46.3 Å². The van der Waals surface area contributed by atoms with Crippen molar-refractivity contribution in [3.05, 3.63) is 34.4 Å². The molecule has 0 aromatic carbocycles. The number of allylic oxidation sites excluding steroid dienone is 2. The Hall–Kier alpha value is -1.61. The minimum absolute atomic E-state index is 0.0266. The zero-order valence-electron chi connectivity index (χ0n) is 24.1. The molecule has 0 spiro atoms. The number of ketones is 1. The van der Waals surface area contributed by atoms with Gasteiger partial charge in [0.05, 0.1) is 30.7 Å². The number of aliphatic hydroxyl groups excluding tert-OH is 3. The molecule has 2 aliphatic rings. The van der Waals surface area contributed by atoms with E-state index in [1.807, 2.05) is 20.8 Å². The molecule has 0 bridgehead atoms. The van der Waals surface area contributed by atoms with E-state index >= 15 is 0 Å². The highest BCUT2D eigenvalue weighted by Gasteiger charge is 2.47. The average Bonchev–Trinajstić information content (AvgIpc) is 3.63. The van der Waals surface area contributed by atoms with E-state index in [1.165, 1.54) is 17.3 Å². The summed E-state index contributed by atoms with van der Waals surface area (Å²) >= 11 is 1.47. The molecule has 1 aliphatic carbocycles. The van der Waals surface area contributed by atoms with Gasteiger partial charge in [-0.3, -0.25) is 9.59 Å². The van der Waals surface area contributed by atoms with E-state index in [0.29, 0.717) is 24.0 Å². The Morgan fingerprint density at radius 3 is 2.53 bits per heavy atom. The van der Waals surface area contributed by atoms with Crippen molar-refractivity contribution in [1.82, 2.24) is 0 Å². The number of esters is 1. The Morgan fingerprint density at radius 2 is 1.92 bits per heavy atom. The lowest BCUT2D eigenvalue weighted by Gasteiger charge is -2.34. The molecule has 7 nitrogen and oxygen atoms in total. The summed E-state index contributed by atoms with van der Waals surface area (Å²) in [6, 6.07) is 0. The number of carbonyl (C=O) groups is 2. The van der Waals surface area contributed by atoms with Crippen LogP contribution in [0, 0.1) is 29.1 Å². The Balaban J connectivity index is 2.33. The third kappa shape index (κ3) is 8.70. The Labute approximate surface area is 233 Å². The van der Waals surface area contributed by atoms with Crippen LogP contribution < -0.4 is 5.73 Å². The number of rotatable bonds is 6. The highest BCUT2D eigenvalue weighted by atomic mass is 32.2. The zero-order chi connectivity index (χ0) is 28.8. The summed E-state index contributed by atoms with van der Waals surface area (Å²) in [6.45, 7) is 13.0. The van der Waals surface area contributed by atoms with Crippen molar-refractivity contribution in [3.8, 4) is 0 Å². The molecule has 8 atom stereocenters. The van der Waals surface area contributed by atoms with Crippen molar-refractivity contribution in [3.63, 3.8) is 0 Å². The summed E-state index contributed by atoms with van der Waals surface area (Å²) < 4.78 is 5.83. The van der Waals surface area contributed by atoms with E-state index in [0.717, 1.165) is 24.8 Å². The summed E-state index contributed by atoms with van der Waals surface area (Å²) in [5, 5.41) is 33.2. The number of hydrogen-bond acceptors (Lipinski definition) is 8. The molecule has 3 unspecified atom stereocenters. The van der Waals surface area contributed by atoms with Gasteiger partial charge in [0.2, 0.25) is 0 Å². The predicted molar refractivity (Wildman–Crippen MR) is 153 cm³/mol. The third-order valence-electron chi connectivity index (χ3n) is 8.44. The van der Waals surface area contributed by atoms with Crippen LogP contribution in [0.4, 0.5) is 0 Å². The number of thioether (sulfide) groups is 1. The highest BCUT2D eigenvalue weighted by molar-refractivity contribution is 8.02. The summed E-state index contributed by atoms with van der Waals surface area (Å²) in [7, 11) is 0. The number of nitrogens with two attached hydrogens (primary N) is 1. The van der Waals surface area contributed by atoms with Crippen molar-refractivity contribution in [2.75, 3.05) is 6.61 Å². The fraction of sp³-hybridized carbons (Fsp3) is 0.733. The third-order valence-corrected chi connectivity index (χ3v) is 9.72. The molecule has 0 aromatic rings. The van der Waals surface area contributed by atoms with Gasteiger partial charge in [0, 0.05) is 23.3 Å². The molecule has 8 heteroatoms. The summed E-state index contributed by atoms with van der Waals surface area (Å²) in [5.41, 5.74) is 7.46. The van der Waals surface area contributed by atoms with Crippen molar-refractivity contribution < 1.29 is 29.6 Å². The Bertz CT molecular complexity index is 922. The largest absolute Gasteiger partial charge is 0.457 e. The van der Waals surface area contributed by atoms with Gasteiger partial charge in [-0.05, 0) is 67.9 Å². The van der Waals surface area contributed by atoms with E-state index < -0.39 is 35.6 Å². The number of ether oxygens (including phenoxy) is 1. The van der Waals surface area contributed by atoms with E-state index in [4.69, 9.17) is 10.5 Å². The monoisotopic (exact) mass is 551 g/mol. The molecular formula is C30H49NO6S. The number of cyclic esters (lactones) is 1. The van der Waals surface area contributed by atoms with E-state index in [9.17, 15) is 24.9 Å². The maximum Gasteiger partial charge on any atom is 0.309 e. The van der Waals surface area contributed by atoms with Gasteiger partial charge in [0.25, 0.3) is 0 Å². The molecule has 216 valence electrons. The SMILES string of the molecule is CCC(CO)S/C=C(N)/C=C(\C)[C@@H]1C/C=C(/C)CC2CC2[C@H](C)[C@H](O)[C@@H](C)C(=O)C(C)(C)[C@@H](O)CC(=O)O1. The lowest BCUT2D eigenvalue weighted by atomic mass is 9.72. The number of aliphatic hydroxyl groups is 3. The van der Waals surface area contributed by atoms with Gasteiger partial charge in [-0.15, -0.1) is 11.8 Å². The fourth-order valence-corrected chi connectivity index (χ4v) is 6.05. The summed E-state index contributed by atoms with van der Waals surface area (Å²) in [6.07, 6.45) is 4.13. The van der Waals surface area contributed by atoms with Crippen molar-refractivity contribution in [1.29, 1.82) is 0 Å². The molecule has 1 saturated carbocycles. The highest BCUT2D eigenvalue weighted by Crippen LogP contribution is 2.50. The van der Waals surface area contributed by atoms with Crippen molar-refractivity contribution in [2.24, 2.45) is 34.8 Å². The Morgan fingerprint density at radius 1 is 1.26 bits per heavy atom. The van der Waals surface area contributed by atoms with Crippen LogP contribution >= 0.6 is 11.8 Å². The number of Topliss-reactive ketones (excluding diaryl/α,β-unsaturated/α-hetero) is 1. The molecule has 2 rings (SSSR count). The molecule has 1 fully saturated rings. The minimum Gasteiger partial charge on any atom is -0.457 e. The van der Waals surface area contributed by atoms with E-state index in [-0.39, 0.29) is 30.0 Å². The van der Waals surface area contributed by atoms with Crippen molar-refractivity contribution in [2.45, 2.75) is 104 Å². The van der Waals surface area contributed by atoms with Gasteiger partial charge in [-0.2, -0.15) is 0 Å². The van der Waals surface area contributed by atoms with Gasteiger partial charge >= 0.3 is 5.97 Å². The van der Waals surface area contributed by atoms with Crippen LogP contribution in [0.5, 0.6) is 0 Å². The fourth-order valence-electron chi connectivity index (χ4n) is 5.35. The van der Waals surface area contributed by atoms with E-state index in [1.54, 1.807) is 32.3 Å². The first-order valence-electron chi connectivity index (χ1n) is 13.9. The molecule has 0 aromatic heterocycles. The normalized spacial score (nSPS) is 36.1. The number of fused-ring (bicyclic) bond motifs is 1. The average molecular weight is 552 g/mol. The lowest BCUT2D eigenvalue weighted by molar-refractivity contribution is -0.154. The van der Waals surface area contributed by atoms with Gasteiger partial charge < -0.3 is 25.8 Å². The first kappa shape index (κ1) is 32.6. The maximum absolute atomic E-state index is 13.3. The molecule has 1 heterocycles. The zero-order valence-corrected chi connectivity index (χ0v) is 25.0. The molecule has 0 radical (unpaired) electrons. The molecule has 1 aliphatic heterocycles. The predicted octanol–water partition coefficient (Wildman–Crippen LogP) is 4.50. The van der Waals surface area contributed by atoms with Crippen LogP contribution in [0.15, 0.2) is 34.4 Å². The summed E-state index contributed by atoms with van der Waals surface area (Å²) in [4.78, 5) is 26.3. The van der Waals surface area contributed by atoms with Crippen LogP contribution in [0.1, 0.15) is 80.6 Å². The second-order valence-electron chi connectivity index (χ2n) is 11.9. The smallest absolute Gasteiger partial charge is 0.309 e. The first-order valence-corrected chi connectivity index (χ1v) is 14.8. The first-order chi connectivity index (χ1) is 17.7. The van der Waals surface area contributed by atoms with Crippen LogP contribution in [-0.2, 0) is 14.3 Å². The molecule has 0 amide bonds. The van der Waals surface area contributed by atoms with E-state index in [2.05, 4.69) is 13.0 Å². The summed E-state index contributed by atoms with van der Waals surface area (Å²) in [5.74, 6) is -0.722. The molecular weight excluding hydrogens is 502 g/mol. The maximum atomic E-state index is 13.3. The van der Waals surface area contributed by atoms with Crippen molar-refractivity contribution >= 4 is 23.5 Å². The Kier molecular flexibility index (Phi) is 12.1. The van der Waals surface area contributed by atoms with Gasteiger partial charge in [-0.25, -0.2) is 0 Å². The quantitative estimate of drug-likeness (QED) is 0.216. The van der Waals surface area contributed by atoms with Crippen LogP contribution in [0.2, 0.25) is 0 Å². The van der Waals surface area contributed by atoms with Gasteiger partial charge in [0.1, 0.15) is 11.9 Å². The standard InChI is InChI=1S/C30H49NO6S/c1-8-23(15-32)38-16-22(31)12-18(3)25-10-9-17(2)11-21-13-24(21)19(4)28(35)20(5)29(36)30(6,7)26(33)14-27(34)37-25/h9,12,16,19-21,23-26,28,32-33,35H,8,10-11,13-15,31H2,1-7H3/b17-9-,18-12+,22-16-/t19-,20+,21?,23?,24?,25-,26-,28-/m0/s1. The second kappa shape index (κ2) is 14.1. The van der Waals surface area contributed by atoms with Crippen LogP contribution in [-0.4, -0.2) is 57.2 Å². The molecule has 5 N–H and O–H groups in total. The minimum atomic E-state index is -1.25. The van der Waals surface area contributed by atoms with Crippen LogP contribution in [0.3, 0.4) is 0 Å². The topological polar surface area (TPSA) is 130 Å².